The maximum absolute atomic E-state index is 5.72. The Morgan fingerprint density at radius 2 is 2.32 bits per heavy atom. The monoisotopic (exact) mass is 262 g/mol. The second-order valence-electron chi connectivity index (χ2n) is 5.28. The van der Waals surface area contributed by atoms with Gasteiger partial charge in [0.1, 0.15) is 6.10 Å². The number of rotatable bonds is 3. The summed E-state index contributed by atoms with van der Waals surface area (Å²) in [5.74, 6) is 0.120. The van der Waals surface area contributed by atoms with Gasteiger partial charge < -0.3 is 14.8 Å². The van der Waals surface area contributed by atoms with Gasteiger partial charge >= 0.3 is 0 Å². The number of pyridine rings is 1. The van der Waals surface area contributed by atoms with E-state index >= 15 is 0 Å². The van der Waals surface area contributed by atoms with Gasteiger partial charge in [-0.2, -0.15) is 4.98 Å². The van der Waals surface area contributed by atoms with E-state index in [0.29, 0.717) is 19.1 Å². The fourth-order valence-electron chi connectivity index (χ4n) is 2.13. The Morgan fingerprint density at radius 1 is 1.47 bits per heavy atom. The highest BCUT2D eigenvalue weighted by Crippen LogP contribution is 2.22. The van der Waals surface area contributed by atoms with E-state index in [0.717, 1.165) is 11.2 Å². The number of hydrogen-bond acceptors (Lipinski definition) is 5. The number of fused-ring (bicyclic) bond motifs is 1. The van der Waals surface area contributed by atoms with Crippen molar-refractivity contribution in [1.82, 2.24) is 14.6 Å². The Kier molecular flexibility index (Phi) is 2.91. The Bertz CT molecular complexity index is 593. The first kappa shape index (κ1) is 12.4. The van der Waals surface area contributed by atoms with Gasteiger partial charge in [-0.3, -0.25) is 0 Å². The zero-order chi connectivity index (χ0) is 13.5. The van der Waals surface area contributed by atoms with Crippen molar-refractivity contribution in [3.63, 3.8) is 0 Å². The molecule has 1 saturated heterocycles. The van der Waals surface area contributed by atoms with Gasteiger partial charge in [0.25, 0.3) is 0 Å². The summed E-state index contributed by atoms with van der Waals surface area (Å²) < 4.78 is 13.0. The first-order valence-electron chi connectivity index (χ1n) is 6.40. The number of hydrogen-bond donors (Lipinski definition) is 1. The fourth-order valence-corrected chi connectivity index (χ4v) is 2.13. The molecule has 2 aromatic rings. The van der Waals surface area contributed by atoms with Crippen LogP contribution in [0.4, 0.5) is 5.95 Å². The van der Waals surface area contributed by atoms with Crippen molar-refractivity contribution in [2.24, 2.45) is 0 Å². The molecule has 6 heteroatoms. The van der Waals surface area contributed by atoms with E-state index in [9.17, 15) is 0 Å². The van der Waals surface area contributed by atoms with E-state index in [2.05, 4.69) is 15.4 Å². The van der Waals surface area contributed by atoms with E-state index in [1.807, 2.05) is 39.1 Å². The fraction of sp³-hybridized carbons (Fsp3) is 0.538. The molecular weight excluding hydrogens is 244 g/mol. The van der Waals surface area contributed by atoms with E-state index in [1.165, 1.54) is 0 Å². The van der Waals surface area contributed by atoms with Crippen LogP contribution in [0.1, 0.15) is 19.4 Å². The van der Waals surface area contributed by atoms with Crippen LogP contribution in [0.2, 0.25) is 0 Å². The van der Waals surface area contributed by atoms with Crippen LogP contribution in [0, 0.1) is 6.92 Å². The molecule has 1 aliphatic rings. The number of nitrogens with one attached hydrogen (secondary N) is 1. The molecule has 1 atom stereocenters. The molecular formula is C13H18N4O2. The number of aryl methyl sites for hydroxylation is 1. The molecule has 0 bridgehead atoms. The zero-order valence-electron chi connectivity index (χ0n) is 11.4. The summed E-state index contributed by atoms with van der Waals surface area (Å²) in [6.07, 6.45) is 1.98. The molecule has 3 heterocycles. The van der Waals surface area contributed by atoms with Crippen molar-refractivity contribution >= 4 is 11.6 Å². The van der Waals surface area contributed by atoms with Gasteiger partial charge in [-0.15, -0.1) is 5.10 Å². The second-order valence-corrected chi connectivity index (χ2v) is 5.28. The van der Waals surface area contributed by atoms with Crippen molar-refractivity contribution in [2.45, 2.75) is 32.7 Å². The lowest BCUT2D eigenvalue weighted by molar-refractivity contribution is -0.136. The summed E-state index contributed by atoms with van der Waals surface area (Å²) in [4.78, 5) is 4.40. The third-order valence-corrected chi connectivity index (χ3v) is 3.03. The SMILES string of the molecule is Cc1ccc2nc(NCC3COC(C)(C)O3)nn2c1. The lowest BCUT2D eigenvalue weighted by Gasteiger charge is -2.16. The predicted molar refractivity (Wildman–Crippen MR) is 71.1 cm³/mol. The summed E-state index contributed by atoms with van der Waals surface area (Å²) in [7, 11) is 0. The molecule has 1 aliphatic heterocycles. The van der Waals surface area contributed by atoms with Gasteiger partial charge in [-0.1, -0.05) is 6.07 Å². The minimum atomic E-state index is -0.490. The summed E-state index contributed by atoms with van der Waals surface area (Å²) in [5.41, 5.74) is 1.98. The van der Waals surface area contributed by atoms with Crippen molar-refractivity contribution in [3.05, 3.63) is 23.9 Å². The maximum atomic E-state index is 5.72. The molecule has 3 rings (SSSR count). The number of anilines is 1. The molecule has 0 aromatic carbocycles. The zero-order valence-corrected chi connectivity index (χ0v) is 11.4. The van der Waals surface area contributed by atoms with E-state index in [-0.39, 0.29) is 6.10 Å². The largest absolute Gasteiger partial charge is 0.350 e. The lowest BCUT2D eigenvalue weighted by atomic mass is 10.3. The Hall–Kier alpha value is -1.66. The van der Waals surface area contributed by atoms with Crippen LogP contribution < -0.4 is 5.32 Å². The molecule has 0 saturated carbocycles. The van der Waals surface area contributed by atoms with Gasteiger partial charge in [-0.05, 0) is 32.4 Å². The van der Waals surface area contributed by atoms with E-state index in [1.54, 1.807) is 4.52 Å². The molecule has 1 N–H and O–H groups in total. The highest BCUT2D eigenvalue weighted by Gasteiger charge is 2.32. The normalized spacial score (nSPS) is 21.9. The standard InChI is InChI=1S/C13H18N4O2/c1-9-4-5-11-15-12(16-17(11)7-9)14-6-10-8-18-13(2,3)19-10/h4-5,7,10H,6,8H2,1-3H3,(H,14,16). The van der Waals surface area contributed by atoms with Crippen molar-refractivity contribution in [3.8, 4) is 0 Å². The Labute approximate surface area is 111 Å². The minimum Gasteiger partial charge on any atom is -0.350 e. The molecule has 0 aliphatic carbocycles. The first-order chi connectivity index (χ1) is 9.02. The molecule has 0 amide bonds. The summed E-state index contributed by atoms with van der Waals surface area (Å²) >= 11 is 0. The number of nitrogens with zero attached hydrogens (tertiary/aromatic N) is 3. The highest BCUT2D eigenvalue weighted by atomic mass is 16.7. The molecule has 0 radical (unpaired) electrons. The van der Waals surface area contributed by atoms with Crippen LogP contribution in [0.3, 0.4) is 0 Å². The van der Waals surface area contributed by atoms with Crippen LogP contribution >= 0.6 is 0 Å². The maximum Gasteiger partial charge on any atom is 0.243 e. The van der Waals surface area contributed by atoms with Crippen LogP contribution in [-0.2, 0) is 9.47 Å². The summed E-state index contributed by atoms with van der Waals surface area (Å²) in [6, 6.07) is 3.97. The van der Waals surface area contributed by atoms with Gasteiger partial charge in [0, 0.05) is 12.7 Å². The van der Waals surface area contributed by atoms with Crippen molar-refractivity contribution in [1.29, 1.82) is 0 Å². The molecule has 1 unspecified atom stereocenters. The van der Waals surface area contributed by atoms with Crippen molar-refractivity contribution < 1.29 is 9.47 Å². The molecule has 19 heavy (non-hydrogen) atoms. The van der Waals surface area contributed by atoms with Crippen LogP contribution in [-0.4, -0.2) is 39.6 Å². The topological polar surface area (TPSA) is 60.7 Å². The van der Waals surface area contributed by atoms with Gasteiger partial charge in [0.05, 0.1) is 6.61 Å². The second kappa shape index (κ2) is 4.47. The minimum absolute atomic E-state index is 0.0309. The van der Waals surface area contributed by atoms with Gasteiger partial charge in [-0.25, -0.2) is 4.52 Å². The van der Waals surface area contributed by atoms with Gasteiger partial charge in [0.2, 0.25) is 5.95 Å². The van der Waals surface area contributed by atoms with Gasteiger partial charge in [0.15, 0.2) is 11.4 Å². The molecule has 6 nitrogen and oxygen atoms in total. The van der Waals surface area contributed by atoms with E-state index < -0.39 is 5.79 Å². The Morgan fingerprint density at radius 3 is 3.05 bits per heavy atom. The Balaban J connectivity index is 1.66. The van der Waals surface area contributed by atoms with Crippen LogP contribution in [0.15, 0.2) is 18.3 Å². The quantitative estimate of drug-likeness (QED) is 0.910. The third kappa shape index (κ3) is 2.69. The third-order valence-electron chi connectivity index (χ3n) is 3.03. The van der Waals surface area contributed by atoms with Crippen LogP contribution in [0.25, 0.3) is 5.65 Å². The first-order valence-corrected chi connectivity index (χ1v) is 6.40. The van der Waals surface area contributed by atoms with Crippen LogP contribution in [0.5, 0.6) is 0 Å². The van der Waals surface area contributed by atoms with Crippen molar-refractivity contribution in [2.75, 3.05) is 18.5 Å². The molecule has 0 spiro atoms. The highest BCUT2D eigenvalue weighted by molar-refractivity contribution is 5.44. The van der Waals surface area contributed by atoms with E-state index in [4.69, 9.17) is 9.47 Å². The molecule has 102 valence electrons. The summed E-state index contributed by atoms with van der Waals surface area (Å²) in [6.45, 7) is 7.09. The smallest absolute Gasteiger partial charge is 0.243 e. The number of aromatic nitrogens is 3. The molecule has 1 fully saturated rings. The predicted octanol–water partition coefficient (Wildman–Crippen LogP) is 1.60. The average Bonchev–Trinajstić information content (AvgIpc) is 2.89. The lowest BCUT2D eigenvalue weighted by Crippen LogP contribution is -2.26. The number of ether oxygens (including phenoxy) is 2. The molecule has 2 aromatic heterocycles. The average molecular weight is 262 g/mol. The summed E-state index contributed by atoms with van der Waals surface area (Å²) in [5, 5.41) is 7.55.